The molecule has 1 aromatic heterocycles. The van der Waals surface area contributed by atoms with E-state index in [0.29, 0.717) is 0 Å². The van der Waals surface area contributed by atoms with Crippen molar-refractivity contribution in [1.82, 2.24) is 10.3 Å². The van der Waals surface area contributed by atoms with Crippen LogP contribution < -0.4 is 5.32 Å². The van der Waals surface area contributed by atoms with Crippen molar-refractivity contribution in [2.45, 2.75) is 31.7 Å². The number of nitrogens with one attached hydrogen (secondary N) is 1. The maximum absolute atomic E-state index is 4.87. The molecule has 2 aromatic rings. The normalized spacial score (nSPS) is 17.0. The van der Waals surface area contributed by atoms with E-state index in [1.54, 1.807) is 0 Å². The maximum atomic E-state index is 4.87. The van der Waals surface area contributed by atoms with Gasteiger partial charge in [-0.05, 0) is 60.8 Å². The number of aromatic nitrogens is 1. The van der Waals surface area contributed by atoms with E-state index in [2.05, 4.69) is 51.6 Å². The van der Waals surface area contributed by atoms with Crippen molar-refractivity contribution in [2.24, 2.45) is 0 Å². The first kappa shape index (κ1) is 13.8. The fraction of sp³-hybridized carbons (Fsp3) is 0.353. The van der Waals surface area contributed by atoms with Gasteiger partial charge in [-0.3, -0.25) is 0 Å². The number of hydrogen-bond donors (Lipinski definition) is 1. The van der Waals surface area contributed by atoms with Gasteiger partial charge < -0.3 is 5.32 Å². The third kappa shape index (κ3) is 2.65. The standard InChI is InChI=1S/C17H19BrN2/c1-19-16(12-7-3-2-4-8-12)17-14(18)11-13-9-5-6-10-15(13)20-17/h5-7,9-11,16,19H,2-4,8H2,1H3. The van der Waals surface area contributed by atoms with Gasteiger partial charge in [0.15, 0.2) is 0 Å². The minimum atomic E-state index is 0.217. The molecule has 0 radical (unpaired) electrons. The molecule has 0 aliphatic heterocycles. The van der Waals surface area contributed by atoms with Crippen molar-refractivity contribution in [3.05, 3.63) is 52.1 Å². The summed E-state index contributed by atoms with van der Waals surface area (Å²) in [5, 5.41) is 4.61. The van der Waals surface area contributed by atoms with Crippen LogP contribution in [0.3, 0.4) is 0 Å². The zero-order valence-electron chi connectivity index (χ0n) is 11.7. The predicted octanol–water partition coefficient (Wildman–Crippen LogP) is 4.76. The van der Waals surface area contributed by atoms with Crippen LogP contribution in [0.25, 0.3) is 10.9 Å². The number of benzene rings is 1. The average molecular weight is 331 g/mol. The van der Waals surface area contributed by atoms with Crippen molar-refractivity contribution in [2.75, 3.05) is 7.05 Å². The SMILES string of the molecule is CNC(C1=CCCCC1)c1nc2ccccc2cc1Br. The molecule has 0 fully saturated rings. The van der Waals surface area contributed by atoms with Crippen LogP contribution in [-0.2, 0) is 0 Å². The number of halogens is 1. The molecule has 1 N–H and O–H groups in total. The molecule has 1 heterocycles. The number of para-hydroxylation sites is 1. The van der Waals surface area contributed by atoms with Crippen molar-refractivity contribution in [3.63, 3.8) is 0 Å². The number of allylic oxidation sites excluding steroid dienone is 1. The van der Waals surface area contributed by atoms with Crippen molar-refractivity contribution >= 4 is 26.8 Å². The Hall–Kier alpha value is -1.19. The number of likely N-dealkylation sites (N-methyl/N-ethyl adjacent to an activating group) is 1. The zero-order valence-corrected chi connectivity index (χ0v) is 13.3. The van der Waals surface area contributed by atoms with Crippen LogP contribution >= 0.6 is 15.9 Å². The Morgan fingerprint density at radius 3 is 2.85 bits per heavy atom. The summed E-state index contributed by atoms with van der Waals surface area (Å²) in [7, 11) is 2.02. The lowest BCUT2D eigenvalue weighted by Gasteiger charge is -2.23. The molecule has 2 nitrogen and oxygen atoms in total. The van der Waals surface area contributed by atoms with Gasteiger partial charge in [-0.15, -0.1) is 0 Å². The minimum Gasteiger partial charge on any atom is -0.308 e. The Bertz CT molecular complexity index is 648. The van der Waals surface area contributed by atoms with Gasteiger partial charge in [-0.25, -0.2) is 4.98 Å². The van der Waals surface area contributed by atoms with Crippen LogP contribution in [-0.4, -0.2) is 12.0 Å². The highest BCUT2D eigenvalue weighted by Gasteiger charge is 2.20. The van der Waals surface area contributed by atoms with E-state index in [4.69, 9.17) is 4.98 Å². The van der Waals surface area contributed by atoms with Crippen LogP contribution in [0.4, 0.5) is 0 Å². The van der Waals surface area contributed by atoms with Gasteiger partial charge >= 0.3 is 0 Å². The Morgan fingerprint density at radius 1 is 1.25 bits per heavy atom. The van der Waals surface area contributed by atoms with E-state index < -0.39 is 0 Å². The van der Waals surface area contributed by atoms with Gasteiger partial charge in [-0.1, -0.05) is 29.8 Å². The van der Waals surface area contributed by atoms with Gasteiger partial charge in [0.1, 0.15) is 0 Å². The number of hydrogen-bond acceptors (Lipinski definition) is 2. The molecule has 104 valence electrons. The number of pyridine rings is 1. The third-order valence-corrected chi connectivity index (χ3v) is 4.60. The molecule has 3 heteroatoms. The first-order valence-electron chi connectivity index (χ1n) is 7.21. The fourth-order valence-corrected chi connectivity index (χ4v) is 3.49. The minimum absolute atomic E-state index is 0.217. The zero-order chi connectivity index (χ0) is 13.9. The molecule has 20 heavy (non-hydrogen) atoms. The lowest BCUT2D eigenvalue weighted by atomic mass is 9.92. The maximum Gasteiger partial charge on any atom is 0.0764 e. The topological polar surface area (TPSA) is 24.9 Å². The van der Waals surface area contributed by atoms with Gasteiger partial charge in [0, 0.05) is 9.86 Å². The Kier molecular flexibility index (Phi) is 4.18. The summed E-state index contributed by atoms with van der Waals surface area (Å²) in [6.45, 7) is 0. The van der Waals surface area contributed by atoms with E-state index in [-0.39, 0.29) is 6.04 Å². The summed E-state index contributed by atoms with van der Waals surface area (Å²) in [4.78, 5) is 4.87. The molecule has 1 atom stereocenters. The number of nitrogens with zero attached hydrogens (tertiary/aromatic N) is 1. The van der Waals surface area contributed by atoms with Gasteiger partial charge in [0.2, 0.25) is 0 Å². The van der Waals surface area contributed by atoms with Crippen molar-refractivity contribution < 1.29 is 0 Å². The fourth-order valence-electron chi connectivity index (χ4n) is 2.93. The molecule has 1 aromatic carbocycles. The third-order valence-electron chi connectivity index (χ3n) is 3.96. The average Bonchev–Trinajstić information content (AvgIpc) is 2.49. The number of rotatable bonds is 3. The summed E-state index contributed by atoms with van der Waals surface area (Å²) in [6.07, 6.45) is 7.35. The first-order valence-corrected chi connectivity index (χ1v) is 8.00. The van der Waals surface area contributed by atoms with Crippen LogP contribution in [0.15, 0.2) is 46.5 Å². The second-order valence-corrected chi connectivity index (χ2v) is 6.15. The molecule has 1 aliphatic carbocycles. The number of fused-ring (bicyclic) bond motifs is 1. The molecule has 0 saturated carbocycles. The lowest BCUT2D eigenvalue weighted by Crippen LogP contribution is -2.21. The smallest absolute Gasteiger partial charge is 0.0764 e. The van der Waals surface area contributed by atoms with Crippen molar-refractivity contribution in [1.29, 1.82) is 0 Å². The van der Waals surface area contributed by atoms with Crippen LogP contribution in [0.2, 0.25) is 0 Å². The summed E-state index contributed by atoms with van der Waals surface area (Å²) < 4.78 is 1.09. The summed E-state index contributed by atoms with van der Waals surface area (Å²) in [6, 6.07) is 10.7. The van der Waals surface area contributed by atoms with Crippen LogP contribution in [0.1, 0.15) is 37.4 Å². The van der Waals surface area contributed by atoms with Crippen LogP contribution in [0.5, 0.6) is 0 Å². The molecule has 1 unspecified atom stereocenters. The molecular formula is C17H19BrN2. The molecule has 0 bridgehead atoms. The Balaban J connectivity index is 2.06. The summed E-state index contributed by atoms with van der Waals surface area (Å²) in [5.41, 5.74) is 3.63. The van der Waals surface area contributed by atoms with Crippen LogP contribution in [0, 0.1) is 0 Å². The molecule has 3 rings (SSSR count). The van der Waals surface area contributed by atoms with E-state index in [0.717, 1.165) is 15.7 Å². The van der Waals surface area contributed by atoms with Gasteiger partial charge in [0.25, 0.3) is 0 Å². The lowest BCUT2D eigenvalue weighted by molar-refractivity contribution is 0.582. The molecule has 0 saturated heterocycles. The van der Waals surface area contributed by atoms with E-state index in [1.807, 2.05) is 13.1 Å². The van der Waals surface area contributed by atoms with Gasteiger partial charge in [0.05, 0.1) is 17.3 Å². The summed E-state index contributed by atoms with van der Waals surface area (Å²) in [5.74, 6) is 0. The highest BCUT2D eigenvalue weighted by Crippen LogP contribution is 2.33. The molecule has 0 amide bonds. The quantitative estimate of drug-likeness (QED) is 0.821. The Morgan fingerprint density at radius 2 is 2.10 bits per heavy atom. The largest absolute Gasteiger partial charge is 0.308 e. The second-order valence-electron chi connectivity index (χ2n) is 5.29. The predicted molar refractivity (Wildman–Crippen MR) is 87.8 cm³/mol. The monoisotopic (exact) mass is 330 g/mol. The Labute approximate surface area is 128 Å². The van der Waals surface area contributed by atoms with Crippen molar-refractivity contribution in [3.8, 4) is 0 Å². The highest BCUT2D eigenvalue weighted by molar-refractivity contribution is 9.10. The van der Waals surface area contributed by atoms with Gasteiger partial charge in [-0.2, -0.15) is 0 Å². The highest BCUT2D eigenvalue weighted by atomic mass is 79.9. The van der Waals surface area contributed by atoms with E-state index in [9.17, 15) is 0 Å². The molecule has 0 spiro atoms. The van der Waals surface area contributed by atoms with E-state index in [1.165, 1.54) is 36.6 Å². The molecular weight excluding hydrogens is 312 g/mol. The molecule has 1 aliphatic rings. The first-order chi connectivity index (χ1) is 9.79. The summed E-state index contributed by atoms with van der Waals surface area (Å²) >= 11 is 3.70. The van der Waals surface area contributed by atoms with E-state index >= 15 is 0 Å². The second kappa shape index (κ2) is 6.06.